The van der Waals surface area contributed by atoms with Crippen molar-refractivity contribution in [3.05, 3.63) is 35.9 Å². The molecule has 15 heavy (non-hydrogen) atoms. The van der Waals surface area contributed by atoms with E-state index in [4.69, 9.17) is 0 Å². The van der Waals surface area contributed by atoms with Crippen molar-refractivity contribution in [2.24, 2.45) is 0 Å². The van der Waals surface area contributed by atoms with Crippen LogP contribution in [0.5, 0.6) is 0 Å². The molecule has 1 heterocycles. The molecule has 0 amide bonds. The maximum Gasteiger partial charge on any atom is 0.153 e. The molecule has 0 saturated carbocycles. The van der Waals surface area contributed by atoms with Gasteiger partial charge in [0.15, 0.2) is 9.84 Å². The lowest BCUT2D eigenvalue weighted by atomic mass is 10.1. The maximum absolute atomic E-state index is 11.0. The van der Waals surface area contributed by atoms with Gasteiger partial charge in [0.2, 0.25) is 0 Å². The Morgan fingerprint density at radius 1 is 1.27 bits per heavy atom. The molecule has 1 aromatic rings. The third kappa shape index (κ3) is 2.58. The minimum Gasteiger partial charge on any atom is -0.305 e. The first kappa shape index (κ1) is 10.6. The SMILES string of the molecule is CC(NC1CS(=O)(=O)C1)c1ccccc1. The normalized spacial score (nSPS) is 21.9. The molecule has 2 rings (SSSR count). The van der Waals surface area contributed by atoms with Crippen molar-refractivity contribution in [3.63, 3.8) is 0 Å². The summed E-state index contributed by atoms with van der Waals surface area (Å²) in [6, 6.07) is 10.4. The molecule has 1 unspecified atom stereocenters. The fourth-order valence-corrected chi connectivity index (χ4v) is 3.17. The van der Waals surface area contributed by atoms with E-state index in [-0.39, 0.29) is 23.6 Å². The van der Waals surface area contributed by atoms with Gasteiger partial charge < -0.3 is 5.32 Å². The average Bonchev–Trinajstić information content (AvgIpc) is 2.16. The Bertz CT molecular complexity index is 415. The summed E-state index contributed by atoms with van der Waals surface area (Å²) in [5, 5.41) is 3.31. The molecule has 1 fully saturated rings. The quantitative estimate of drug-likeness (QED) is 0.839. The summed E-state index contributed by atoms with van der Waals surface area (Å²) >= 11 is 0. The van der Waals surface area contributed by atoms with Gasteiger partial charge in [-0.05, 0) is 12.5 Å². The largest absolute Gasteiger partial charge is 0.305 e. The number of sulfone groups is 1. The highest BCUT2D eigenvalue weighted by atomic mass is 32.2. The zero-order valence-electron chi connectivity index (χ0n) is 8.68. The molecule has 0 radical (unpaired) electrons. The fourth-order valence-electron chi connectivity index (χ4n) is 1.85. The summed E-state index contributed by atoms with van der Waals surface area (Å²) in [5.41, 5.74) is 1.20. The van der Waals surface area contributed by atoms with E-state index in [0.717, 1.165) is 0 Å². The smallest absolute Gasteiger partial charge is 0.153 e. The summed E-state index contributed by atoms with van der Waals surface area (Å²) in [7, 11) is -2.72. The summed E-state index contributed by atoms with van der Waals surface area (Å²) in [6.45, 7) is 2.06. The van der Waals surface area contributed by atoms with E-state index in [9.17, 15) is 8.42 Å². The number of benzene rings is 1. The van der Waals surface area contributed by atoms with Crippen LogP contribution in [0.2, 0.25) is 0 Å². The van der Waals surface area contributed by atoms with Crippen LogP contribution in [0.15, 0.2) is 30.3 Å². The van der Waals surface area contributed by atoms with Crippen molar-refractivity contribution in [3.8, 4) is 0 Å². The highest BCUT2D eigenvalue weighted by Gasteiger charge is 2.33. The molecule has 0 aliphatic carbocycles. The van der Waals surface area contributed by atoms with E-state index in [0.29, 0.717) is 0 Å². The predicted molar refractivity (Wildman–Crippen MR) is 60.4 cm³/mol. The third-order valence-electron chi connectivity index (χ3n) is 2.70. The Morgan fingerprint density at radius 3 is 2.40 bits per heavy atom. The Labute approximate surface area is 90.4 Å². The summed E-state index contributed by atoms with van der Waals surface area (Å²) < 4.78 is 22.0. The summed E-state index contributed by atoms with van der Waals surface area (Å²) in [6.07, 6.45) is 0. The van der Waals surface area contributed by atoms with Crippen LogP contribution in [-0.2, 0) is 9.84 Å². The highest BCUT2D eigenvalue weighted by Crippen LogP contribution is 2.17. The lowest BCUT2D eigenvalue weighted by Crippen LogP contribution is -2.51. The minimum atomic E-state index is -2.72. The van der Waals surface area contributed by atoms with Gasteiger partial charge in [-0.1, -0.05) is 30.3 Å². The van der Waals surface area contributed by atoms with Crippen LogP contribution in [0.25, 0.3) is 0 Å². The van der Waals surface area contributed by atoms with Crippen molar-refractivity contribution in [2.45, 2.75) is 19.0 Å². The van der Waals surface area contributed by atoms with Crippen LogP contribution >= 0.6 is 0 Å². The van der Waals surface area contributed by atoms with Crippen molar-refractivity contribution in [1.29, 1.82) is 0 Å². The van der Waals surface area contributed by atoms with Gasteiger partial charge in [-0.15, -0.1) is 0 Å². The molecule has 1 saturated heterocycles. The molecule has 1 N–H and O–H groups in total. The number of hydrogen-bond acceptors (Lipinski definition) is 3. The van der Waals surface area contributed by atoms with Crippen molar-refractivity contribution < 1.29 is 8.42 Å². The number of rotatable bonds is 3. The van der Waals surface area contributed by atoms with Crippen molar-refractivity contribution in [2.75, 3.05) is 11.5 Å². The van der Waals surface area contributed by atoms with Crippen LogP contribution in [0.4, 0.5) is 0 Å². The Balaban J connectivity index is 1.92. The molecule has 3 nitrogen and oxygen atoms in total. The fraction of sp³-hybridized carbons (Fsp3) is 0.455. The first-order valence-electron chi connectivity index (χ1n) is 5.08. The highest BCUT2D eigenvalue weighted by molar-refractivity contribution is 7.92. The monoisotopic (exact) mass is 225 g/mol. The lowest BCUT2D eigenvalue weighted by Gasteiger charge is -2.30. The second kappa shape index (κ2) is 3.94. The van der Waals surface area contributed by atoms with E-state index < -0.39 is 9.84 Å². The molecule has 0 spiro atoms. The predicted octanol–water partition coefficient (Wildman–Crippen LogP) is 1.13. The van der Waals surface area contributed by atoms with E-state index in [2.05, 4.69) is 12.2 Å². The van der Waals surface area contributed by atoms with Crippen LogP contribution in [0, 0.1) is 0 Å². The molecule has 0 aromatic heterocycles. The van der Waals surface area contributed by atoms with E-state index >= 15 is 0 Å². The van der Waals surface area contributed by atoms with Gasteiger partial charge in [-0.25, -0.2) is 8.42 Å². The van der Waals surface area contributed by atoms with Crippen LogP contribution in [-0.4, -0.2) is 26.0 Å². The van der Waals surface area contributed by atoms with E-state index in [1.165, 1.54) is 5.56 Å². The molecule has 1 aromatic carbocycles. The Kier molecular flexibility index (Phi) is 2.80. The van der Waals surface area contributed by atoms with Crippen LogP contribution in [0.3, 0.4) is 0 Å². The van der Waals surface area contributed by atoms with Crippen LogP contribution in [0.1, 0.15) is 18.5 Å². The zero-order valence-corrected chi connectivity index (χ0v) is 9.50. The number of hydrogen-bond donors (Lipinski definition) is 1. The summed E-state index contributed by atoms with van der Waals surface area (Å²) in [5.74, 6) is 0.564. The van der Waals surface area contributed by atoms with Gasteiger partial charge in [0.25, 0.3) is 0 Å². The maximum atomic E-state index is 11.0. The molecule has 0 bridgehead atoms. The van der Waals surface area contributed by atoms with Crippen molar-refractivity contribution in [1.82, 2.24) is 5.32 Å². The summed E-state index contributed by atoms with van der Waals surface area (Å²) in [4.78, 5) is 0. The van der Waals surface area contributed by atoms with Gasteiger partial charge >= 0.3 is 0 Å². The molecule has 4 heteroatoms. The molecule has 1 atom stereocenters. The molecular weight excluding hydrogens is 210 g/mol. The Hall–Kier alpha value is -0.870. The lowest BCUT2D eigenvalue weighted by molar-refractivity contribution is 0.468. The van der Waals surface area contributed by atoms with E-state index in [1.54, 1.807) is 0 Å². The van der Waals surface area contributed by atoms with Gasteiger partial charge in [0.05, 0.1) is 11.5 Å². The minimum absolute atomic E-state index is 0.130. The van der Waals surface area contributed by atoms with Crippen molar-refractivity contribution >= 4 is 9.84 Å². The van der Waals surface area contributed by atoms with Gasteiger partial charge in [0.1, 0.15) is 0 Å². The second-order valence-electron chi connectivity index (χ2n) is 4.07. The van der Waals surface area contributed by atoms with Crippen LogP contribution < -0.4 is 5.32 Å². The third-order valence-corrected chi connectivity index (χ3v) is 4.52. The van der Waals surface area contributed by atoms with Gasteiger partial charge in [0, 0.05) is 12.1 Å². The first-order chi connectivity index (χ1) is 7.07. The Morgan fingerprint density at radius 2 is 1.87 bits per heavy atom. The zero-order chi connectivity index (χ0) is 10.9. The molecule has 1 aliphatic heterocycles. The second-order valence-corrected chi connectivity index (χ2v) is 6.23. The standard InChI is InChI=1S/C11H15NO2S/c1-9(10-5-3-2-4-6-10)12-11-7-15(13,14)8-11/h2-6,9,11-12H,7-8H2,1H3. The van der Waals surface area contributed by atoms with E-state index in [1.807, 2.05) is 30.3 Å². The topological polar surface area (TPSA) is 46.2 Å². The first-order valence-corrected chi connectivity index (χ1v) is 6.90. The van der Waals surface area contributed by atoms with Gasteiger partial charge in [-0.2, -0.15) is 0 Å². The van der Waals surface area contributed by atoms with Gasteiger partial charge in [-0.3, -0.25) is 0 Å². The molecular formula is C11H15NO2S. The molecule has 82 valence electrons. The number of nitrogens with one attached hydrogen (secondary N) is 1. The average molecular weight is 225 g/mol. The molecule has 1 aliphatic rings.